The van der Waals surface area contributed by atoms with Crippen LogP contribution in [0.1, 0.15) is 51.9 Å². The maximum atomic E-state index is 12.9. The standard InChI is InChI=1S/C20H28N4O2/c1-4-17(25)24-11-7-8-14(12-24)20(26)23-18(13(2)3)19-21-15-9-5-6-10-16(15)22-19/h5-6,9-10,13-14,18H,4,7-8,11-12H2,1-3H3,(H,21,22)(H,23,26)/t14?,18-/m0/s1. The summed E-state index contributed by atoms with van der Waals surface area (Å²) in [7, 11) is 0. The maximum Gasteiger partial charge on any atom is 0.225 e. The molecule has 0 bridgehead atoms. The molecular weight excluding hydrogens is 328 g/mol. The molecule has 1 aromatic carbocycles. The van der Waals surface area contributed by atoms with Gasteiger partial charge in [0.05, 0.1) is 23.0 Å². The molecule has 2 aromatic rings. The van der Waals surface area contributed by atoms with Crippen LogP contribution in [-0.2, 0) is 9.59 Å². The molecule has 0 radical (unpaired) electrons. The number of carbonyl (C=O) groups is 2. The molecule has 1 aliphatic rings. The number of likely N-dealkylation sites (tertiary alicyclic amines) is 1. The number of hydrogen-bond acceptors (Lipinski definition) is 3. The molecule has 140 valence electrons. The van der Waals surface area contributed by atoms with Gasteiger partial charge in [0, 0.05) is 19.5 Å². The van der Waals surface area contributed by atoms with Crippen LogP contribution in [0, 0.1) is 11.8 Å². The van der Waals surface area contributed by atoms with Gasteiger partial charge in [0.2, 0.25) is 11.8 Å². The van der Waals surface area contributed by atoms with Gasteiger partial charge in [-0.25, -0.2) is 4.98 Å². The Labute approximate surface area is 154 Å². The average Bonchev–Trinajstić information content (AvgIpc) is 3.08. The zero-order valence-corrected chi connectivity index (χ0v) is 15.8. The van der Waals surface area contributed by atoms with E-state index in [2.05, 4.69) is 29.1 Å². The van der Waals surface area contributed by atoms with Gasteiger partial charge in [-0.3, -0.25) is 9.59 Å². The molecule has 1 fully saturated rings. The zero-order valence-electron chi connectivity index (χ0n) is 15.8. The first-order valence-corrected chi connectivity index (χ1v) is 9.52. The molecule has 3 rings (SSSR count). The zero-order chi connectivity index (χ0) is 18.7. The van der Waals surface area contributed by atoms with E-state index >= 15 is 0 Å². The van der Waals surface area contributed by atoms with Gasteiger partial charge < -0.3 is 15.2 Å². The lowest BCUT2D eigenvalue weighted by Gasteiger charge is -2.33. The van der Waals surface area contributed by atoms with Crippen LogP contribution < -0.4 is 5.32 Å². The van der Waals surface area contributed by atoms with Gasteiger partial charge in [0.1, 0.15) is 5.82 Å². The molecule has 0 aliphatic carbocycles. The number of amides is 2. The van der Waals surface area contributed by atoms with Crippen molar-refractivity contribution in [3.63, 3.8) is 0 Å². The second kappa shape index (κ2) is 7.89. The average molecular weight is 356 g/mol. The molecular formula is C20H28N4O2. The van der Waals surface area contributed by atoms with E-state index in [1.165, 1.54) is 0 Å². The van der Waals surface area contributed by atoms with E-state index in [9.17, 15) is 9.59 Å². The van der Waals surface area contributed by atoms with Crippen molar-refractivity contribution in [1.29, 1.82) is 0 Å². The molecule has 2 atom stereocenters. The SMILES string of the molecule is CCC(=O)N1CCCC(C(=O)N[C@H](c2nc3ccccc3[nH]2)C(C)C)C1. The molecule has 0 saturated carbocycles. The Morgan fingerprint density at radius 1 is 1.35 bits per heavy atom. The van der Waals surface area contributed by atoms with Crippen LogP contribution in [0.3, 0.4) is 0 Å². The van der Waals surface area contributed by atoms with E-state index < -0.39 is 0 Å². The molecule has 1 saturated heterocycles. The molecule has 0 spiro atoms. The third kappa shape index (κ3) is 3.89. The first-order chi connectivity index (χ1) is 12.5. The van der Waals surface area contributed by atoms with Crippen LogP contribution in [0.15, 0.2) is 24.3 Å². The lowest BCUT2D eigenvalue weighted by Crippen LogP contribution is -2.46. The van der Waals surface area contributed by atoms with Crippen molar-refractivity contribution >= 4 is 22.8 Å². The Hall–Kier alpha value is -2.37. The summed E-state index contributed by atoms with van der Waals surface area (Å²) in [5.74, 6) is 0.978. The number of hydrogen-bond donors (Lipinski definition) is 2. The number of aromatic nitrogens is 2. The number of nitrogens with one attached hydrogen (secondary N) is 2. The third-order valence-corrected chi connectivity index (χ3v) is 5.11. The Morgan fingerprint density at radius 3 is 2.81 bits per heavy atom. The fourth-order valence-electron chi connectivity index (χ4n) is 3.58. The summed E-state index contributed by atoms with van der Waals surface area (Å²) >= 11 is 0. The number of piperidine rings is 1. The van der Waals surface area contributed by atoms with Crippen molar-refractivity contribution in [3.8, 4) is 0 Å². The number of imidazole rings is 1. The summed E-state index contributed by atoms with van der Waals surface area (Å²) in [5, 5.41) is 3.17. The van der Waals surface area contributed by atoms with E-state index in [1.54, 1.807) is 0 Å². The summed E-state index contributed by atoms with van der Waals surface area (Å²) in [6.07, 6.45) is 2.19. The lowest BCUT2D eigenvalue weighted by atomic mass is 9.95. The van der Waals surface area contributed by atoms with Crippen molar-refractivity contribution in [2.24, 2.45) is 11.8 Å². The second-order valence-corrected chi connectivity index (χ2v) is 7.40. The van der Waals surface area contributed by atoms with E-state index in [0.717, 1.165) is 36.2 Å². The molecule has 2 amide bonds. The van der Waals surface area contributed by atoms with E-state index in [0.29, 0.717) is 13.0 Å². The summed E-state index contributed by atoms with van der Waals surface area (Å²) in [5.41, 5.74) is 1.87. The molecule has 1 aromatic heterocycles. The monoisotopic (exact) mass is 356 g/mol. The van der Waals surface area contributed by atoms with Gasteiger partial charge in [-0.15, -0.1) is 0 Å². The van der Waals surface area contributed by atoms with Gasteiger partial charge in [-0.1, -0.05) is 32.9 Å². The minimum atomic E-state index is -0.174. The highest BCUT2D eigenvalue weighted by molar-refractivity contribution is 5.82. The van der Waals surface area contributed by atoms with Crippen molar-refractivity contribution in [1.82, 2.24) is 20.2 Å². The molecule has 26 heavy (non-hydrogen) atoms. The molecule has 6 heteroatoms. The van der Waals surface area contributed by atoms with Crippen LogP contribution in [-0.4, -0.2) is 39.8 Å². The third-order valence-electron chi connectivity index (χ3n) is 5.11. The minimum Gasteiger partial charge on any atom is -0.346 e. The number of carbonyl (C=O) groups excluding carboxylic acids is 2. The molecule has 2 N–H and O–H groups in total. The Kier molecular flexibility index (Phi) is 5.59. The van der Waals surface area contributed by atoms with Gasteiger partial charge in [0.15, 0.2) is 0 Å². The molecule has 6 nitrogen and oxygen atoms in total. The van der Waals surface area contributed by atoms with Crippen molar-refractivity contribution in [3.05, 3.63) is 30.1 Å². The van der Waals surface area contributed by atoms with Crippen LogP contribution in [0.5, 0.6) is 0 Å². The quantitative estimate of drug-likeness (QED) is 0.864. The smallest absolute Gasteiger partial charge is 0.225 e. The van der Waals surface area contributed by atoms with E-state index in [1.807, 2.05) is 36.1 Å². The van der Waals surface area contributed by atoms with Crippen LogP contribution >= 0.6 is 0 Å². The molecule has 1 unspecified atom stereocenters. The van der Waals surface area contributed by atoms with Crippen molar-refractivity contribution in [2.45, 2.75) is 46.1 Å². The predicted molar refractivity (Wildman–Crippen MR) is 101 cm³/mol. The second-order valence-electron chi connectivity index (χ2n) is 7.40. The summed E-state index contributed by atoms with van der Waals surface area (Å²) in [6, 6.07) is 7.70. The van der Waals surface area contributed by atoms with Gasteiger partial charge in [0.25, 0.3) is 0 Å². The number of para-hydroxylation sites is 2. The predicted octanol–water partition coefficient (Wildman–Crippen LogP) is 3.02. The van der Waals surface area contributed by atoms with Gasteiger partial charge in [-0.2, -0.15) is 0 Å². The maximum absolute atomic E-state index is 12.9. The van der Waals surface area contributed by atoms with Crippen LogP contribution in [0.2, 0.25) is 0 Å². The number of nitrogens with zero attached hydrogens (tertiary/aromatic N) is 2. The number of aromatic amines is 1. The number of H-pyrrole nitrogens is 1. The lowest BCUT2D eigenvalue weighted by molar-refractivity contribution is -0.135. The Morgan fingerprint density at radius 2 is 2.12 bits per heavy atom. The highest BCUT2D eigenvalue weighted by Crippen LogP contribution is 2.24. The largest absolute Gasteiger partial charge is 0.346 e. The van der Waals surface area contributed by atoms with Gasteiger partial charge >= 0.3 is 0 Å². The number of rotatable bonds is 5. The highest BCUT2D eigenvalue weighted by Gasteiger charge is 2.30. The van der Waals surface area contributed by atoms with Gasteiger partial charge in [-0.05, 0) is 30.9 Å². The fraction of sp³-hybridized carbons (Fsp3) is 0.550. The van der Waals surface area contributed by atoms with E-state index in [-0.39, 0.29) is 29.7 Å². The number of benzene rings is 1. The Bertz CT molecular complexity index is 750. The topological polar surface area (TPSA) is 78.1 Å². The summed E-state index contributed by atoms with van der Waals surface area (Å²) < 4.78 is 0. The van der Waals surface area contributed by atoms with Crippen LogP contribution in [0.4, 0.5) is 0 Å². The van der Waals surface area contributed by atoms with Crippen LogP contribution in [0.25, 0.3) is 11.0 Å². The Balaban J connectivity index is 1.73. The first kappa shape index (κ1) is 18.4. The normalized spacial score (nSPS) is 18.9. The van der Waals surface area contributed by atoms with Crippen molar-refractivity contribution < 1.29 is 9.59 Å². The number of fused-ring (bicyclic) bond motifs is 1. The fourth-order valence-corrected chi connectivity index (χ4v) is 3.58. The highest BCUT2D eigenvalue weighted by atomic mass is 16.2. The minimum absolute atomic E-state index is 0.0118. The first-order valence-electron chi connectivity index (χ1n) is 9.52. The molecule has 1 aliphatic heterocycles. The molecule has 2 heterocycles. The van der Waals surface area contributed by atoms with E-state index in [4.69, 9.17) is 0 Å². The summed E-state index contributed by atoms with van der Waals surface area (Å²) in [4.78, 5) is 34.6. The van der Waals surface area contributed by atoms with Crippen molar-refractivity contribution in [2.75, 3.05) is 13.1 Å². The summed E-state index contributed by atoms with van der Waals surface area (Å²) in [6.45, 7) is 7.29.